The standard InChI is InChI=1S/C11H14ClFO2/c1-11(6-14,7-15)5-8-4-9(13)2-3-10(8)12/h2-4,14-15H,5-7H2,1H3. The molecule has 0 atom stereocenters. The Morgan fingerprint density at radius 1 is 1.33 bits per heavy atom. The van der Waals surface area contributed by atoms with E-state index in [2.05, 4.69) is 0 Å². The van der Waals surface area contributed by atoms with E-state index < -0.39 is 5.41 Å². The summed E-state index contributed by atoms with van der Waals surface area (Å²) in [6.45, 7) is 1.38. The molecule has 0 fully saturated rings. The van der Waals surface area contributed by atoms with Crippen LogP contribution in [0.5, 0.6) is 0 Å². The van der Waals surface area contributed by atoms with Crippen molar-refractivity contribution in [3.05, 3.63) is 34.6 Å². The molecule has 1 aromatic rings. The number of benzene rings is 1. The zero-order valence-electron chi connectivity index (χ0n) is 8.50. The maximum atomic E-state index is 12.9. The molecule has 0 radical (unpaired) electrons. The molecule has 2 N–H and O–H groups in total. The third-order valence-corrected chi connectivity index (χ3v) is 2.76. The van der Waals surface area contributed by atoms with Gasteiger partial charge in [0.1, 0.15) is 5.82 Å². The summed E-state index contributed by atoms with van der Waals surface area (Å²) in [4.78, 5) is 0. The average Bonchev–Trinajstić information content (AvgIpc) is 2.23. The molecule has 15 heavy (non-hydrogen) atoms. The highest BCUT2D eigenvalue weighted by molar-refractivity contribution is 6.31. The lowest BCUT2D eigenvalue weighted by Crippen LogP contribution is -2.28. The van der Waals surface area contributed by atoms with E-state index in [4.69, 9.17) is 21.8 Å². The minimum absolute atomic E-state index is 0.170. The average molecular weight is 233 g/mol. The van der Waals surface area contributed by atoms with E-state index in [0.717, 1.165) is 0 Å². The molecule has 1 rings (SSSR count). The first-order chi connectivity index (χ1) is 7.00. The van der Waals surface area contributed by atoms with Crippen LogP contribution in [0, 0.1) is 11.2 Å². The van der Waals surface area contributed by atoms with Gasteiger partial charge in [-0.2, -0.15) is 0 Å². The quantitative estimate of drug-likeness (QED) is 0.834. The topological polar surface area (TPSA) is 40.5 Å². The lowest BCUT2D eigenvalue weighted by molar-refractivity contribution is 0.0703. The van der Waals surface area contributed by atoms with Crippen molar-refractivity contribution >= 4 is 11.6 Å². The second kappa shape index (κ2) is 4.92. The number of aliphatic hydroxyl groups is 2. The third kappa shape index (κ3) is 3.16. The molecule has 0 heterocycles. The van der Waals surface area contributed by atoms with Gasteiger partial charge in [0.05, 0.1) is 13.2 Å². The van der Waals surface area contributed by atoms with Gasteiger partial charge in [-0.1, -0.05) is 18.5 Å². The highest BCUT2D eigenvalue weighted by Gasteiger charge is 2.24. The molecular formula is C11H14ClFO2. The molecule has 0 spiro atoms. The van der Waals surface area contributed by atoms with Crippen molar-refractivity contribution < 1.29 is 14.6 Å². The molecule has 0 unspecified atom stereocenters. The molecule has 0 saturated heterocycles. The minimum Gasteiger partial charge on any atom is -0.396 e. The normalized spacial score (nSPS) is 11.8. The highest BCUT2D eigenvalue weighted by atomic mass is 35.5. The van der Waals surface area contributed by atoms with Crippen LogP contribution in [-0.4, -0.2) is 23.4 Å². The number of rotatable bonds is 4. The van der Waals surface area contributed by atoms with Gasteiger partial charge >= 0.3 is 0 Å². The summed E-state index contributed by atoms with van der Waals surface area (Å²) >= 11 is 5.89. The highest BCUT2D eigenvalue weighted by Crippen LogP contribution is 2.26. The molecular weight excluding hydrogens is 219 g/mol. The fraction of sp³-hybridized carbons (Fsp3) is 0.455. The predicted molar refractivity (Wildman–Crippen MR) is 57.4 cm³/mol. The van der Waals surface area contributed by atoms with E-state index in [9.17, 15) is 4.39 Å². The van der Waals surface area contributed by atoms with Gasteiger partial charge < -0.3 is 10.2 Å². The van der Waals surface area contributed by atoms with Crippen molar-refractivity contribution in [3.63, 3.8) is 0 Å². The predicted octanol–water partition coefficient (Wildman–Crippen LogP) is 2.01. The van der Waals surface area contributed by atoms with E-state index in [1.165, 1.54) is 18.2 Å². The number of hydrogen-bond acceptors (Lipinski definition) is 2. The Hall–Kier alpha value is -0.640. The number of halogens is 2. The smallest absolute Gasteiger partial charge is 0.123 e. The van der Waals surface area contributed by atoms with E-state index in [1.54, 1.807) is 6.92 Å². The minimum atomic E-state index is -0.669. The van der Waals surface area contributed by atoms with Crippen LogP contribution >= 0.6 is 11.6 Å². The van der Waals surface area contributed by atoms with Crippen molar-refractivity contribution in [2.75, 3.05) is 13.2 Å². The van der Waals surface area contributed by atoms with Crippen LogP contribution in [0.1, 0.15) is 12.5 Å². The van der Waals surface area contributed by atoms with Crippen LogP contribution in [0.4, 0.5) is 4.39 Å². The molecule has 0 aliphatic carbocycles. The summed E-state index contributed by atoms with van der Waals surface area (Å²) in [6, 6.07) is 4.08. The SMILES string of the molecule is CC(CO)(CO)Cc1cc(F)ccc1Cl. The Bertz CT molecular complexity index is 337. The van der Waals surface area contributed by atoms with Gasteiger partial charge in [0, 0.05) is 10.4 Å². The molecule has 1 aromatic carbocycles. The summed E-state index contributed by atoms with van der Waals surface area (Å²) in [5, 5.41) is 18.7. The van der Waals surface area contributed by atoms with Crippen LogP contribution < -0.4 is 0 Å². The van der Waals surface area contributed by atoms with Crippen molar-refractivity contribution in [1.82, 2.24) is 0 Å². The first-order valence-electron chi connectivity index (χ1n) is 4.66. The van der Waals surface area contributed by atoms with E-state index in [1.807, 2.05) is 0 Å². The molecule has 84 valence electrons. The third-order valence-electron chi connectivity index (χ3n) is 2.39. The first-order valence-corrected chi connectivity index (χ1v) is 5.04. The molecule has 4 heteroatoms. The molecule has 0 aliphatic heterocycles. The zero-order valence-corrected chi connectivity index (χ0v) is 9.26. The van der Waals surface area contributed by atoms with Gasteiger partial charge in [-0.15, -0.1) is 0 Å². The van der Waals surface area contributed by atoms with Crippen molar-refractivity contribution in [1.29, 1.82) is 0 Å². The van der Waals surface area contributed by atoms with Gasteiger partial charge in [0.15, 0.2) is 0 Å². The summed E-state index contributed by atoms with van der Waals surface area (Å²) in [5.74, 6) is -0.368. The van der Waals surface area contributed by atoms with E-state index in [0.29, 0.717) is 17.0 Å². The molecule has 0 aliphatic rings. The lowest BCUT2D eigenvalue weighted by atomic mass is 9.85. The Morgan fingerprint density at radius 3 is 2.47 bits per heavy atom. The Kier molecular flexibility index (Phi) is 4.08. The first kappa shape index (κ1) is 12.4. The largest absolute Gasteiger partial charge is 0.396 e. The molecule has 0 bridgehead atoms. The monoisotopic (exact) mass is 232 g/mol. The lowest BCUT2D eigenvalue weighted by Gasteiger charge is -2.25. The fourth-order valence-electron chi connectivity index (χ4n) is 1.30. The fourth-order valence-corrected chi connectivity index (χ4v) is 1.48. The number of hydrogen-bond donors (Lipinski definition) is 2. The van der Waals surface area contributed by atoms with Crippen LogP contribution in [0.2, 0.25) is 5.02 Å². The van der Waals surface area contributed by atoms with Crippen molar-refractivity contribution in [2.24, 2.45) is 5.41 Å². The van der Waals surface area contributed by atoms with Crippen LogP contribution in [0.15, 0.2) is 18.2 Å². The summed E-state index contributed by atoms with van der Waals surface area (Å²) in [6.07, 6.45) is 0.344. The Balaban J connectivity index is 2.92. The second-order valence-corrected chi connectivity index (χ2v) is 4.45. The second-order valence-electron chi connectivity index (χ2n) is 4.04. The number of aliphatic hydroxyl groups excluding tert-OH is 2. The van der Waals surface area contributed by atoms with Gasteiger partial charge in [0.2, 0.25) is 0 Å². The Labute approximate surface area is 93.3 Å². The molecule has 0 saturated carbocycles. The summed E-state index contributed by atoms with van der Waals surface area (Å²) in [7, 11) is 0. The molecule has 0 aromatic heterocycles. The van der Waals surface area contributed by atoms with Gasteiger partial charge in [-0.25, -0.2) is 4.39 Å². The van der Waals surface area contributed by atoms with Crippen LogP contribution in [0.3, 0.4) is 0 Å². The zero-order chi connectivity index (χ0) is 11.5. The van der Waals surface area contributed by atoms with Gasteiger partial charge in [-0.05, 0) is 30.2 Å². The molecule has 2 nitrogen and oxygen atoms in total. The Morgan fingerprint density at radius 2 is 1.93 bits per heavy atom. The maximum Gasteiger partial charge on any atom is 0.123 e. The van der Waals surface area contributed by atoms with Crippen molar-refractivity contribution in [3.8, 4) is 0 Å². The van der Waals surface area contributed by atoms with E-state index >= 15 is 0 Å². The van der Waals surface area contributed by atoms with Gasteiger partial charge in [-0.3, -0.25) is 0 Å². The van der Waals surface area contributed by atoms with Gasteiger partial charge in [0.25, 0.3) is 0 Å². The summed E-state index contributed by atoms with van der Waals surface area (Å²) < 4.78 is 12.9. The van der Waals surface area contributed by atoms with Crippen LogP contribution in [-0.2, 0) is 6.42 Å². The van der Waals surface area contributed by atoms with Crippen molar-refractivity contribution in [2.45, 2.75) is 13.3 Å². The maximum absolute atomic E-state index is 12.9. The molecule has 0 amide bonds. The summed E-state index contributed by atoms with van der Waals surface area (Å²) in [5.41, 5.74) is -0.0699. The van der Waals surface area contributed by atoms with E-state index in [-0.39, 0.29) is 19.0 Å². The van der Waals surface area contributed by atoms with Crippen LogP contribution in [0.25, 0.3) is 0 Å².